The fraction of sp³-hybridized carbons (Fsp3) is 0.273. The summed E-state index contributed by atoms with van der Waals surface area (Å²) < 4.78 is 11.0. The Bertz CT molecular complexity index is 957. The number of aromatic nitrogens is 1. The molecule has 0 saturated heterocycles. The molecule has 3 rings (SSSR count). The first-order chi connectivity index (χ1) is 14.0. The Morgan fingerprint density at radius 2 is 1.93 bits per heavy atom. The molecule has 152 valence electrons. The lowest BCUT2D eigenvalue weighted by Crippen LogP contribution is -2.36. The van der Waals surface area contributed by atoms with Crippen LogP contribution in [-0.2, 0) is 13.2 Å². The number of methoxy groups -OCH3 is 1. The molecule has 0 spiro atoms. The molecule has 0 bridgehead atoms. The third-order valence-electron chi connectivity index (χ3n) is 4.31. The molecule has 0 saturated carbocycles. The minimum atomic E-state index is -0.0501. The summed E-state index contributed by atoms with van der Waals surface area (Å²) >= 11 is 7.41. The highest BCUT2D eigenvalue weighted by molar-refractivity contribution is 7.09. The maximum atomic E-state index is 13.0. The van der Waals surface area contributed by atoms with Gasteiger partial charge in [-0.3, -0.25) is 4.79 Å². The van der Waals surface area contributed by atoms with Gasteiger partial charge in [0.1, 0.15) is 23.1 Å². The number of nitrogens with zero attached hydrogens (tertiary/aromatic N) is 2. The number of amides is 1. The number of hydrogen-bond acceptors (Lipinski definition) is 5. The predicted octanol–water partition coefficient (Wildman–Crippen LogP) is 5.43. The fourth-order valence-corrected chi connectivity index (χ4v) is 3.57. The molecule has 0 atom stereocenters. The number of rotatable bonds is 8. The molecule has 1 amide bonds. The molecule has 29 heavy (non-hydrogen) atoms. The number of carbonyl (C=O) groups excluding carboxylic acids is 1. The van der Waals surface area contributed by atoms with Crippen molar-refractivity contribution in [3.63, 3.8) is 0 Å². The fourth-order valence-electron chi connectivity index (χ4n) is 2.75. The van der Waals surface area contributed by atoms with Crippen LogP contribution in [0.15, 0.2) is 53.9 Å². The van der Waals surface area contributed by atoms with E-state index in [9.17, 15) is 4.79 Å². The molecule has 0 unspecified atom stereocenters. The monoisotopic (exact) mass is 430 g/mol. The number of ether oxygens (including phenoxy) is 2. The van der Waals surface area contributed by atoms with Crippen molar-refractivity contribution in [3.05, 3.63) is 75.2 Å². The summed E-state index contributed by atoms with van der Waals surface area (Å²) in [6.45, 7) is 4.80. The molecule has 0 N–H and O–H groups in total. The van der Waals surface area contributed by atoms with Crippen LogP contribution in [-0.4, -0.2) is 28.9 Å². The summed E-state index contributed by atoms with van der Waals surface area (Å²) in [5.74, 6) is 1.35. The first kappa shape index (κ1) is 21.1. The first-order valence-electron chi connectivity index (χ1n) is 9.23. The van der Waals surface area contributed by atoms with E-state index in [0.29, 0.717) is 29.5 Å². The van der Waals surface area contributed by atoms with Crippen LogP contribution in [0.3, 0.4) is 0 Å². The van der Waals surface area contributed by atoms with E-state index in [1.165, 1.54) is 11.3 Å². The van der Waals surface area contributed by atoms with Gasteiger partial charge in [-0.25, -0.2) is 4.98 Å². The van der Waals surface area contributed by atoms with Crippen LogP contribution >= 0.6 is 22.9 Å². The van der Waals surface area contributed by atoms with Crippen molar-refractivity contribution in [3.8, 4) is 11.5 Å². The number of carbonyl (C=O) groups is 1. The second kappa shape index (κ2) is 9.76. The van der Waals surface area contributed by atoms with Crippen LogP contribution in [0.4, 0.5) is 0 Å². The Kier molecular flexibility index (Phi) is 7.12. The summed E-state index contributed by atoms with van der Waals surface area (Å²) in [4.78, 5) is 19.4. The van der Waals surface area contributed by atoms with Crippen LogP contribution < -0.4 is 9.47 Å². The molecule has 0 aliphatic carbocycles. The predicted molar refractivity (Wildman–Crippen MR) is 116 cm³/mol. The van der Waals surface area contributed by atoms with Gasteiger partial charge in [-0.05, 0) is 56.3 Å². The van der Waals surface area contributed by atoms with Gasteiger partial charge < -0.3 is 14.4 Å². The molecule has 0 radical (unpaired) electrons. The van der Waals surface area contributed by atoms with E-state index in [1.54, 1.807) is 36.3 Å². The first-order valence-corrected chi connectivity index (χ1v) is 10.5. The van der Waals surface area contributed by atoms with Gasteiger partial charge in [-0.2, -0.15) is 0 Å². The van der Waals surface area contributed by atoms with E-state index >= 15 is 0 Å². The van der Waals surface area contributed by atoms with Crippen LogP contribution in [0.25, 0.3) is 0 Å². The van der Waals surface area contributed by atoms with Crippen LogP contribution in [0.1, 0.15) is 34.9 Å². The maximum absolute atomic E-state index is 13.0. The summed E-state index contributed by atoms with van der Waals surface area (Å²) in [6, 6.07) is 14.4. The second-order valence-electron chi connectivity index (χ2n) is 6.73. The van der Waals surface area contributed by atoms with Gasteiger partial charge in [-0.1, -0.05) is 17.7 Å². The molecule has 2 aromatic carbocycles. The minimum Gasteiger partial charge on any atom is -0.497 e. The second-order valence-corrected chi connectivity index (χ2v) is 8.11. The average molecular weight is 431 g/mol. The molecular weight excluding hydrogens is 408 g/mol. The van der Waals surface area contributed by atoms with Gasteiger partial charge in [-0.15, -0.1) is 11.3 Å². The quantitative estimate of drug-likeness (QED) is 0.477. The molecule has 0 aliphatic rings. The highest BCUT2D eigenvalue weighted by atomic mass is 35.5. The molecule has 3 aromatic rings. The molecular formula is C22H23ClN2O3S. The summed E-state index contributed by atoms with van der Waals surface area (Å²) in [6.07, 6.45) is 0. The Balaban J connectivity index is 1.66. The van der Waals surface area contributed by atoms with Crippen molar-refractivity contribution >= 4 is 28.8 Å². The number of hydrogen-bond donors (Lipinski definition) is 0. The summed E-state index contributed by atoms with van der Waals surface area (Å²) in [7, 11) is 1.59. The summed E-state index contributed by atoms with van der Waals surface area (Å²) in [5, 5.41) is 3.49. The highest BCUT2D eigenvalue weighted by Gasteiger charge is 2.21. The van der Waals surface area contributed by atoms with Crippen molar-refractivity contribution in [2.75, 3.05) is 7.11 Å². The Morgan fingerprint density at radius 1 is 1.17 bits per heavy atom. The number of halogens is 1. The third-order valence-corrected chi connectivity index (χ3v) is 5.43. The maximum Gasteiger partial charge on any atom is 0.254 e. The lowest BCUT2D eigenvalue weighted by molar-refractivity contribution is 0.0687. The lowest BCUT2D eigenvalue weighted by Gasteiger charge is -2.26. The van der Waals surface area contributed by atoms with Gasteiger partial charge >= 0.3 is 0 Å². The Hall–Kier alpha value is -2.57. The van der Waals surface area contributed by atoms with E-state index < -0.39 is 0 Å². The van der Waals surface area contributed by atoms with E-state index in [0.717, 1.165) is 16.5 Å². The third kappa shape index (κ3) is 5.71. The SMILES string of the molecule is COc1cccc(C(=O)N(Cc2csc(COc3ccc(Cl)cc3)n2)C(C)C)c1. The smallest absolute Gasteiger partial charge is 0.254 e. The van der Waals surface area contributed by atoms with Crippen molar-refractivity contribution in [2.45, 2.75) is 33.0 Å². The van der Waals surface area contributed by atoms with Gasteiger partial charge in [0.15, 0.2) is 0 Å². The zero-order chi connectivity index (χ0) is 20.8. The average Bonchev–Trinajstić information content (AvgIpc) is 3.18. The topological polar surface area (TPSA) is 51.7 Å². The normalized spacial score (nSPS) is 10.8. The van der Waals surface area contributed by atoms with Crippen molar-refractivity contribution in [1.29, 1.82) is 0 Å². The van der Waals surface area contributed by atoms with Gasteiger partial charge in [0.2, 0.25) is 0 Å². The lowest BCUT2D eigenvalue weighted by atomic mass is 10.1. The zero-order valence-corrected chi connectivity index (χ0v) is 18.2. The van der Waals surface area contributed by atoms with Gasteiger partial charge in [0.25, 0.3) is 5.91 Å². The number of thiazole rings is 1. The molecule has 1 aromatic heterocycles. The van der Waals surface area contributed by atoms with Crippen molar-refractivity contribution in [2.24, 2.45) is 0 Å². The highest BCUT2D eigenvalue weighted by Crippen LogP contribution is 2.21. The van der Waals surface area contributed by atoms with Crippen LogP contribution in [0.2, 0.25) is 5.02 Å². The van der Waals surface area contributed by atoms with Gasteiger partial charge in [0, 0.05) is 22.0 Å². The zero-order valence-electron chi connectivity index (χ0n) is 16.6. The van der Waals surface area contributed by atoms with E-state index in [1.807, 2.05) is 43.5 Å². The largest absolute Gasteiger partial charge is 0.497 e. The molecule has 1 heterocycles. The molecule has 0 aliphatic heterocycles. The minimum absolute atomic E-state index is 0.0316. The van der Waals surface area contributed by atoms with E-state index in [2.05, 4.69) is 4.98 Å². The molecule has 7 heteroatoms. The van der Waals surface area contributed by atoms with E-state index in [4.69, 9.17) is 21.1 Å². The molecule has 5 nitrogen and oxygen atoms in total. The van der Waals surface area contributed by atoms with Gasteiger partial charge in [0.05, 0.1) is 19.3 Å². The Labute approximate surface area is 179 Å². The Morgan fingerprint density at radius 3 is 2.62 bits per heavy atom. The summed E-state index contributed by atoms with van der Waals surface area (Å²) in [5.41, 5.74) is 1.44. The molecule has 0 fully saturated rings. The van der Waals surface area contributed by atoms with Crippen LogP contribution in [0, 0.1) is 0 Å². The van der Waals surface area contributed by atoms with Crippen molar-refractivity contribution < 1.29 is 14.3 Å². The van der Waals surface area contributed by atoms with Crippen molar-refractivity contribution in [1.82, 2.24) is 9.88 Å². The number of benzene rings is 2. The van der Waals surface area contributed by atoms with E-state index in [-0.39, 0.29) is 11.9 Å². The van der Waals surface area contributed by atoms with Crippen LogP contribution in [0.5, 0.6) is 11.5 Å². The standard InChI is InChI=1S/C22H23ClN2O3S/c1-15(2)25(22(26)16-5-4-6-20(11-16)27-3)12-18-14-29-21(24-18)13-28-19-9-7-17(23)8-10-19/h4-11,14-15H,12-13H2,1-3H3.